The first kappa shape index (κ1) is 14.3. The molecule has 1 N–H and O–H groups in total. The second-order valence-electron chi connectivity index (χ2n) is 6.81. The van der Waals surface area contributed by atoms with Crippen LogP contribution in [0.25, 0.3) is 0 Å². The van der Waals surface area contributed by atoms with Crippen molar-refractivity contribution in [2.24, 2.45) is 5.92 Å². The van der Waals surface area contributed by atoms with E-state index in [1.807, 2.05) is 0 Å². The average Bonchev–Trinajstić information content (AvgIpc) is 3.11. The van der Waals surface area contributed by atoms with Crippen molar-refractivity contribution in [3.05, 3.63) is 0 Å². The maximum absolute atomic E-state index is 12.1. The Morgan fingerprint density at radius 2 is 2.05 bits per heavy atom. The summed E-state index contributed by atoms with van der Waals surface area (Å²) in [5.74, 6) is 0.792. The molecule has 4 nitrogen and oxygen atoms in total. The van der Waals surface area contributed by atoms with Crippen molar-refractivity contribution in [1.29, 1.82) is 0 Å². The quantitative estimate of drug-likeness (QED) is 0.728. The summed E-state index contributed by atoms with van der Waals surface area (Å²) in [7, 11) is 1.49. The van der Waals surface area contributed by atoms with Crippen LogP contribution in [0.2, 0.25) is 0 Å². The van der Waals surface area contributed by atoms with Gasteiger partial charge in [-0.1, -0.05) is 19.3 Å². The smallest absolute Gasteiger partial charge is 0.326 e. The topological polar surface area (TPSA) is 47.6 Å². The van der Waals surface area contributed by atoms with Gasteiger partial charge in [0.15, 0.2) is 0 Å². The molecular formula is C16H27NO3. The first-order chi connectivity index (χ1) is 9.72. The Bertz CT molecular complexity index is 352. The van der Waals surface area contributed by atoms with Crippen LogP contribution in [0.15, 0.2) is 0 Å². The predicted molar refractivity (Wildman–Crippen MR) is 76.5 cm³/mol. The van der Waals surface area contributed by atoms with E-state index in [0.717, 1.165) is 31.8 Å². The first-order valence-electron chi connectivity index (χ1n) is 8.19. The summed E-state index contributed by atoms with van der Waals surface area (Å²) in [4.78, 5) is 12.1. The fourth-order valence-corrected chi connectivity index (χ4v) is 3.51. The summed E-state index contributed by atoms with van der Waals surface area (Å²) in [5.41, 5.74) is -0.475. The minimum absolute atomic E-state index is 0.102. The molecule has 4 heteroatoms. The van der Waals surface area contributed by atoms with E-state index < -0.39 is 5.54 Å². The third kappa shape index (κ3) is 3.17. The highest BCUT2D eigenvalue weighted by atomic mass is 16.5. The molecule has 0 saturated heterocycles. The summed E-state index contributed by atoms with van der Waals surface area (Å²) in [6, 6.07) is 0.517. The molecule has 2 atom stereocenters. The second-order valence-corrected chi connectivity index (χ2v) is 6.81. The largest absolute Gasteiger partial charge is 0.468 e. The summed E-state index contributed by atoms with van der Waals surface area (Å²) in [6.07, 6.45) is 10.5. The third-order valence-corrected chi connectivity index (χ3v) is 5.21. The molecule has 0 spiro atoms. The predicted octanol–water partition coefficient (Wildman–Crippen LogP) is 2.41. The zero-order valence-corrected chi connectivity index (χ0v) is 12.5. The van der Waals surface area contributed by atoms with Gasteiger partial charge in [-0.3, -0.25) is 10.1 Å². The number of methoxy groups -OCH3 is 1. The Morgan fingerprint density at radius 1 is 1.25 bits per heavy atom. The normalized spacial score (nSPS) is 34.0. The minimum atomic E-state index is -0.475. The Hall–Kier alpha value is -0.610. The molecule has 0 bridgehead atoms. The lowest BCUT2D eigenvalue weighted by Crippen LogP contribution is -2.52. The van der Waals surface area contributed by atoms with Crippen molar-refractivity contribution >= 4 is 5.97 Å². The highest BCUT2D eigenvalue weighted by Gasteiger charge is 2.49. The Kier molecular flexibility index (Phi) is 4.32. The molecule has 0 aromatic carbocycles. The fraction of sp³-hybridized carbons (Fsp3) is 0.938. The third-order valence-electron chi connectivity index (χ3n) is 5.21. The molecule has 0 aromatic heterocycles. The minimum Gasteiger partial charge on any atom is -0.468 e. The molecule has 0 aliphatic heterocycles. The number of ether oxygens (including phenoxy) is 2. The van der Waals surface area contributed by atoms with Crippen molar-refractivity contribution in [3.63, 3.8) is 0 Å². The van der Waals surface area contributed by atoms with Gasteiger partial charge < -0.3 is 9.47 Å². The maximum Gasteiger partial charge on any atom is 0.326 e. The molecule has 0 radical (unpaired) electrons. The highest BCUT2D eigenvalue weighted by Crippen LogP contribution is 2.37. The second kappa shape index (κ2) is 6.02. The number of nitrogens with one attached hydrogen (secondary N) is 1. The molecule has 0 heterocycles. The van der Waals surface area contributed by atoms with E-state index in [0.29, 0.717) is 6.04 Å². The number of carbonyl (C=O) groups is 1. The van der Waals surface area contributed by atoms with Crippen molar-refractivity contribution in [2.45, 2.75) is 75.5 Å². The van der Waals surface area contributed by atoms with Crippen LogP contribution >= 0.6 is 0 Å². The molecule has 3 fully saturated rings. The number of hydrogen-bond acceptors (Lipinski definition) is 4. The van der Waals surface area contributed by atoms with E-state index in [4.69, 9.17) is 9.47 Å². The van der Waals surface area contributed by atoms with Crippen LogP contribution in [-0.4, -0.2) is 37.4 Å². The fourth-order valence-electron chi connectivity index (χ4n) is 3.51. The molecule has 20 heavy (non-hydrogen) atoms. The van der Waals surface area contributed by atoms with Crippen LogP contribution in [0, 0.1) is 5.92 Å². The van der Waals surface area contributed by atoms with Gasteiger partial charge >= 0.3 is 5.97 Å². The van der Waals surface area contributed by atoms with E-state index in [-0.39, 0.29) is 12.1 Å². The van der Waals surface area contributed by atoms with Gasteiger partial charge in [0, 0.05) is 19.1 Å². The van der Waals surface area contributed by atoms with E-state index in [2.05, 4.69) is 5.32 Å². The summed E-state index contributed by atoms with van der Waals surface area (Å²) < 4.78 is 11.0. The van der Waals surface area contributed by atoms with E-state index in [9.17, 15) is 4.79 Å². The molecular weight excluding hydrogens is 254 g/mol. The molecule has 114 valence electrons. The highest BCUT2D eigenvalue weighted by molar-refractivity contribution is 5.81. The van der Waals surface area contributed by atoms with Crippen molar-refractivity contribution in [2.75, 3.05) is 13.7 Å². The summed E-state index contributed by atoms with van der Waals surface area (Å²) in [5, 5.41) is 3.51. The van der Waals surface area contributed by atoms with Gasteiger partial charge in [0.25, 0.3) is 0 Å². The number of hydrogen-bond donors (Lipinski definition) is 1. The standard InChI is InChI=1S/C16H27NO3/c1-19-15(18)16(17-13-5-6-13)9-7-14(11-16)20-10-8-12-3-2-4-12/h12-14,17H,2-11H2,1H3. The van der Waals surface area contributed by atoms with Gasteiger partial charge in [-0.05, 0) is 38.0 Å². The SMILES string of the molecule is COC(=O)C1(NC2CC2)CCC(OCCC2CCC2)C1. The summed E-state index contributed by atoms with van der Waals surface area (Å²) in [6.45, 7) is 0.857. The maximum atomic E-state index is 12.1. The molecule has 2 unspecified atom stereocenters. The van der Waals surface area contributed by atoms with E-state index >= 15 is 0 Å². The van der Waals surface area contributed by atoms with Gasteiger partial charge in [-0.2, -0.15) is 0 Å². The van der Waals surface area contributed by atoms with Crippen LogP contribution in [0.5, 0.6) is 0 Å². The van der Waals surface area contributed by atoms with Crippen molar-refractivity contribution in [3.8, 4) is 0 Å². The van der Waals surface area contributed by atoms with Crippen molar-refractivity contribution in [1.82, 2.24) is 5.32 Å². The zero-order valence-electron chi connectivity index (χ0n) is 12.5. The average molecular weight is 281 g/mol. The van der Waals surface area contributed by atoms with E-state index in [1.54, 1.807) is 0 Å². The van der Waals surface area contributed by atoms with Crippen LogP contribution in [0.3, 0.4) is 0 Å². The molecule has 3 rings (SSSR count). The zero-order chi connectivity index (χ0) is 14.0. The Morgan fingerprint density at radius 3 is 2.65 bits per heavy atom. The Balaban J connectivity index is 1.47. The lowest BCUT2D eigenvalue weighted by Gasteiger charge is -2.28. The lowest BCUT2D eigenvalue weighted by atomic mass is 9.83. The van der Waals surface area contributed by atoms with Crippen LogP contribution < -0.4 is 5.32 Å². The van der Waals surface area contributed by atoms with Crippen molar-refractivity contribution < 1.29 is 14.3 Å². The molecule has 3 aliphatic rings. The number of rotatable bonds is 7. The van der Waals surface area contributed by atoms with Gasteiger partial charge in [0.2, 0.25) is 0 Å². The monoisotopic (exact) mass is 281 g/mol. The molecule has 3 saturated carbocycles. The van der Waals surface area contributed by atoms with Gasteiger partial charge in [0.1, 0.15) is 5.54 Å². The van der Waals surface area contributed by atoms with Crippen LogP contribution in [-0.2, 0) is 14.3 Å². The van der Waals surface area contributed by atoms with Crippen LogP contribution in [0.1, 0.15) is 57.8 Å². The van der Waals surface area contributed by atoms with Gasteiger partial charge in [-0.15, -0.1) is 0 Å². The van der Waals surface area contributed by atoms with E-state index in [1.165, 1.54) is 45.6 Å². The van der Waals surface area contributed by atoms with Gasteiger partial charge in [-0.25, -0.2) is 0 Å². The number of esters is 1. The first-order valence-corrected chi connectivity index (χ1v) is 8.19. The Labute approximate surface area is 121 Å². The van der Waals surface area contributed by atoms with Gasteiger partial charge in [0.05, 0.1) is 13.2 Å². The number of carbonyl (C=O) groups excluding carboxylic acids is 1. The van der Waals surface area contributed by atoms with Crippen LogP contribution in [0.4, 0.5) is 0 Å². The molecule has 3 aliphatic carbocycles. The lowest BCUT2D eigenvalue weighted by molar-refractivity contribution is -0.149. The molecule has 0 amide bonds. The summed E-state index contributed by atoms with van der Waals surface area (Å²) >= 11 is 0. The molecule has 0 aromatic rings.